The van der Waals surface area contributed by atoms with Crippen LogP contribution in [0.1, 0.15) is 15.2 Å². The zero-order valence-electron chi connectivity index (χ0n) is 13.7. The first-order valence-electron chi connectivity index (χ1n) is 7.20. The number of nitrogens with zero attached hydrogens (tertiary/aromatic N) is 2. The molecule has 0 aliphatic heterocycles. The van der Waals surface area contributed by atoms with Crippen molar-refractivity contribution in [3.8, 4) is 5.75 Å². The summed E-state index contributed by atoms with van der Waals surface area (Å²) in [4.78, 5) is 27.7. The molecule has 0 aliphatic rings. The number of carbonyl (C=O) groups is 1. The summed E-state index contributed by atoms with van der Waals surface area (Å²) in [5.41, 5.74) is 1.71. The molecular formula is C15H17N3O6S. The number of rotatable bonds is 9. The maximum absolute atomic E-state index is 11.9. The van der Waals surface area contributed by atoms with E-state index in [4.69, 9.17) is 14.2 Å². The molecule has 1 heterocycles. The average Bonchev–Trinajstić information content (AvgIpc) is 3.12. The highest BCUT2D eigenvalue weighted by Gasteiger charge is 2.25. The van der Waals surface area contributed by atoms with E-state index in [2.05, 4.69) is 10.3 Å². The molecule has 0 amide bonds. The number of methoxy groups -OCH3 is 2. The van der Waals surface area contributed by atoms with E-state index in [1.165, 1.54) is 37.7 Å². The molecule has 1 aromatic carbocycles. The fourth-order valence-corrected chi connectivity index (χ4v) is 2.56. The van der Waals surface area contributed by atoms with Crippen molar-refractivity contribution in [2.45, 2.75) is 6.54 Å². The van der Waals surface area contributed by atoms with Crippen molar-refractivity contribution in [3.05, 3.63) is 44.4 Å². The number of hydrogen-bond acceptors (Lipinski definition) is 9. The first kappa shape index (κ1) is 18.6. The standard InChI is InChI=1S/C15H17N3O6S/c1-22-3-4-24-13-6-10(15(19)23-2)5-12(14(13)18(20)21)17-8-11-7-16-9-25-11/h5-7,9,17H,3-4,8H2,1-2H3. The van der Waals surface area contributed by atoms with E-state index >= 15 is 0 Å². The molecule has 2 rings (SSSR count). The number of ether oxygens (including phenoxy) is 3. The summed E-state index contributed by atoms with van der Waals surface area (Å²) in [6.07, 6.45) is 1.66. The number of benzene rings is 1. The number of hydrogen-bond donors (Lipinski definition) is 1. The predicted molar refractivity (Wildman–Crippen MR) is 91.2 cm³/mol. The summed E-state index contributed by atoms with van der Waals surface area (Å²) in [6.45, 7) is 0.688. The third kappa shape index (κ3) is 4.88. The highest BCUT2D eigenvalue weighted by atomic mass is 32.1. The second kappa shape index (κ2) is 8.94. The molecule has 0 saturated heterocycles. The number of esters is 1. The van der Waals surface area contributed by atoms with E-state index < -0.39 is 10.9 Å². The van der Waals surface area contributed by atoms with Crippen molar-refractivity contribution < 1.29 is 23.9 Å². The Morgan fingerprint density at radius 1 is 1.36 bits per heavy atom. The van der Waals surface area contributed by atoms with Gasteiger partial charge in [0.2, 0.25) is 0 Å². The number of thiazole rings is 1. The molecule has 0 spiro atoms. The van der Waals surface area contributed by atoms with Gasteiger partial charge < -0.3 is 19.5 Å². The summed E-state index contributed by atoms with van der Waals surface area (Å²) in [5, 5.41) is 14.5. The SMILES string of the molecule is COCCOc1cc(C(=O)OC)cc(NCc2cncs2)c1[N+](=O)[O-]. The van der Waals surface area contributed by atoms with Crippen LogP contribution in [-0.4, -0.2) is 43.3 Å². The second-order valence-electron chi connectivity index (χ2n) is 4.78. The number of anilines is 1. The minimum atomic E-state index is -0.618. The van der Waals surface area contributed by atoms with Gasteiger partial charge in [0.05, 0.1) is 36.3 Å². The molecule has 0 saturated carbocycles. The number of carbonyl (C=O) groups excluding carboxylic acids is 1. The number of aromatic nitrogens is 1. The Hall–Kier alpha value is -2.72. The van der Waals surface area contributed by atoms with Gasteiger partial charge in [-0.2, -0.15) is 0 Å². The first-order valence-corrected chi connectivity index (χ1v) is 8.08. The van der Waals surface area contributed by atoms with Gasteiger partial charge in [0, 0.05) is 24.3 Å². The van der Waals surface area contributed by atoms with Crippen LogP contribution < -0.4 is 10.1 Å². The number of nitro groups is 1. The quantitative estimate of drug-likeness (QED) is 0.311. The van der Waals surface area contributed by atoms with Crippen LogP contribution in [0, 0.1) is 10.1 Å². The van der Waals surface area contributed by atoms with Gasteiger partial charge in [0.15, 0.2) is 5.75 Å². The van der Waals surface area contributed by atoms with Gasteiger partial charge in [0.25, 0.3) is 0 Å². The molecular weight excluding hydrogens is 350 g/mol. The smallest absolute Gasteiger partial charge is 0.338 e. The molecule has 25 heavy (non-hydrogen) atoms. The van der Waals surface area contributed by atoms with Crippen molar-refractivity contribution in [2.75, 3.05) is 32.8 Å². The summed E-state index contributed by atoms with van der Waals surface area (Å²) in [7, 11) is 2.73. The van der Waals surface area contributed by atoms with Crippen molar-refractivity contribution in [1.29, 1.82) is 0 Å². The lowest BCUT2D eigenvalue weighted by Gasteiger charge is -2.12. The van der Waals surface area contributed by atoms with E-state index in [-0.39, 0.29) is 35.9 Å². The zero-order valence-corrected chi connectivity index (χ0v) is 14.5. The van der Waals surface area contributed by atoms with E-state index in [0.29, 0.717) is 6.54 Å². The molecule has 2 aromatic rings. The Kier molecular flexibility index (Phi) is 6.66. The topological polar surface area (TPSA) is 113 Å². The van der Waals surface area contributed by atoms with Gasteiger partial charge in [-0.3, -0.25) is 15.1 Å². The van der Waals surface area contributed by atoms with Crippen LogP contribution in [0.2, 0.25) is 0 Å². The largest absolute Gasteiger partial charge is 0.484 e. The van der Waals surface area contributed by atoms with Crippen LogP contribution >= 0.6 is 11.3 Å². The molecule has 10 heteroatoms. The van der Waals surface area contributed by atoms with Gasteiger partial charge in [0.1, 0.15) is 12.3 Å². The normalized spacial score (nSPS) is 10.3. The Labute approximate surface area is 147 Å². The van der Waals surface area contributed by atoms with E-state index in [1.54, 1.807) is 11.7 Å². The summed E-state index contributed by atoms with van der Waals surface area (Å²) >= 11 is 1.41. The first-order chi connectivity index (χ1) is 12.1. The maximum atomic E-state index is 11.9. The fourth-order valence-electron chi connectivity index (χ4n) is 2.02. The monoisotopic (exact) mass is 367 g/mol. The molecule has 0 bridgehead atoms. The van der Waals surface area contributed by atoms with Crippen LogP contribution in [0.25, 0.3) is 0 Å². The molecule has 1 aromatic heterocycles. The Balaban J connectivity index is 2.38. The average molecular weight is 367 g/mol. The summed E-state index contributed by atoms with van der Waals surface area (Å²) in [6, 6.07) is 2.66. The second-order valence-corrected chi connectivity index (χ2v) is 5.75. The Bertz CT molecular complexity index is 735. The van der Waals surface area contributed by atoms with Gasteiger partial charge in [-0.25, -0.2) is 4.79 Å². The van der Waals surface area contributed by atoms with E-state index in [9.17, 15) is 14.9 Å². The van der Waals surface area contributed by atoms with Crippen LogP contribution in [0.3, 0.4) is 0 Å². The minimum absolute atomic E-state index is 0.0308. The highest BCUT2D eigenvalue weighted by molar-refractivity contribution is 7.09. The van der Waals surface area contributed by atoms with Crippen molar-refractivity contribution >= 4 is 28.7 Å². The lowest BCUT2D eigenvalue weighted by Crippen LogP contribution is -2.11. The fraction of sp³-hybridized carbons (Fsp3) is 0.333. The molecule has 0 unspecified atom stereocenters. The van der Waals surface area contributed by atoms with Crippen LogP contribution in [0.15, 0.2) is 23.8 Å². The van der Waals surface area contributed by atoms with Crippen LogP contribution in [-0.2, 0) is 16.0 Å². The van der Waals surface area contributed by atoms with Crippen LogP contribution in [0.4, 0.5) is 11.4 Å². The van der Waals surface area contributed by atoms with Crippen LogP contribution in [0.5, 0.6) is 5.75 Å². The Morgan fingerprint density at radius 2 is 2.16 bits per heavy atom. The highest BCUT2D eigenvalue weighted by Crippen LogP contribution is 2.37. The number of nitrogens with one attached hydrogen (secondary N) is 1. The van der Waals surface area contributed by atoms with Gasteiger partial charge in [-0.15, -0.1) is 11.3 Å². The van der Waals surface area contributed by atoms with Gasteiger partial charge in [-0.1, -0.05) is 0 Å². The molecule has 134 valence electrons. The molecule has 0 radical (unpaired) electrons. The minimum Gasteiger partial charge on any atom is -0.484 e. The lowest BCUT2D eigenvalue weighted by molar-refractivity contribution is -0.385. The third-order valence-corrected chi connectivity index (χ3v) is 3.94. The van der Waals surface area contributed by atoms with Crippen molar-refractivity contribution in [2.24, 2.45) is 0 Å². The molecule has 0 atom stereocenters. The lowest BCUT2D eigenvalue weighted by atomic mass is 10.1. The van der Waals surface area contributed by atoms with Crippen molar-refractivity contribution in [1.82, 2.24) is 4.98 Å². The molecule has 9 nitrogen and oxygen atoms in total. The summed E-state index contributed by atoms with van der Waals surface area (Å²) < 4.78 is 15.0. The zero-order chi connectivity index (χ0) is 18.2. The predicted octanol–water partition coefficient (Wildman–Crippen LogP) is 2.48. The molecule has 0 aliphatic carbocycles. The summed E-state index contributed by atoms with van der Waals surface area (Å²) in [5.74, 6) is -0.649. The van der Waals surface area contributed by atoms with Gasteiger partial charge in [-0.05, 0) is 6.07 Å². The van der Waals surface area contributed by atoms with Crippen molar-refractivity contribution in [3.63, 3.8) is 0 Å². The Morgan fingerprint density at radius 3 is 2.76 bits per heavy atom. The van der Waals surface area contributed by atoms with E-state index in [1.807, 2.05) is 0 Å². The third-order valence-electron chi connectivity index (χ3n) is 3.16. The van der Waals surface area contributed by atoms with Gasteiger partial charge >= 0.3 is 11.7 Å². The maximum Gasteiger partial charge on any atom is 0.338 e. The molecule has 1 N–H and O–H groups in total. The number of nitro benzene ring substituents is 1. The molecule has 0 fully saturated rings. The van der Waals surface area contributed by atoms with E-state index in [0.717, 1.165) is 4.88 Å².